The van der Waals surface area contributed by atoms with Crippen LogP contribution in [0.25, 0.3) is 10.8 Å². The largest absolute Gasteiger partial charge is 0.390 e. The minimum absolute atomic E-state index is 0.137. The molecule has 2 aromatic carbocycles. The smallest absolute Gasteiger partial charge is 0.274 e. The molecule has 6 heteroatoms. The highest BCUT2D eigenvalue weighted by molar-refractivity contribution is 5.84. The van der Waals surface area contributed by atoms with E-state index in [9.17, 15) is 9.90 Å². The summed E-state index contributed by atoms with van der Waals surface area (Å²) in [5, 5.41) is 16.6. The number of piperidine rings is 1. The number of benzene rings is 2. The fraction of sp³-hybridized carbons (Fsp3) is 0.481. The molecule has 3 aromatic rings. The Morgan fingerprint density at radius 3 is 2.61 bits per heavy atom. The van der Waals surface area contributed by atoms with Crippen molar-refractivity contribution in [2.75, 3.05) is 31.1 Å². The molecule has 0 amide bonds. The van der Waals surface area contributed by atoms with E-state index in [4.69, 9.17) is 0 Å². The second-order valence-electron chi connectivity index (χ2n) is 10.2. The van der Waals surface area contributed by atoms with Gasteiger partial charge in [0, 0.05) is 43.8 Å². The van der Waals surface area contributed by atoms with E-state index in [1.165, 1.54) is 22.2 Å². The molecule has 2 aliphatic heterocycles. The first-order chi connectivity index (χ1) is 16.0. The molecule has 1 N–H and O–H groups in total. The maximum atomic E-state index is 13.1. The van der Waals surface area contributed by atoms with Gasteiger partial charge in [-0.1, -0.05) is 38.1 Å². The zero-order valence-electron chi connectivity index (χ0n) is 19.7. The molecular formula is C27H34N4O2. The first-order valence-electron chi connectivity index (χ1n) is 12.2. The van der Waals surface area contributed by atoms with E-state index < -0.39 is 6.10 Å². The molecule has 33 heavy (non-hydrogen) atoms. The molecule has 2 aliphatic rings. The first kappa shape index (κ1) is 22.1. The number of hydrogen-bond donors (Lipinski definition) is 1. The fourth-order valence-electron chi connectivity index (χ4n) is 5.64. The minimum atomic E-state index is -0.645. The Balaban J connectivity index is 1.28. The van der Waals surface area contributed by atoms with Crippen LogP contribution in [0.5, 0.6) is 0 Å². The minimum Gasteiger partial charge on any atom is -0.390 e. The van der Waals surface area contributed by atoms with Gasteiger partial charge in [0.25, 0.3) is 5.56 Å². The summed E-state index contributed by atoms with van der Waals surface area (Å²) in [6.45, 7) is 9.20. The molecule has 0 spiro atoms. The fourth-order valence-corrected chi connectivity index (χ4v) is 5.64. The lowest BCUT2D eigenvalue weighted by atomic mass is 9.91. The number of hydrogen-bond acceptors (Lipinski definition) is 5. The molecule has 2 unspecified atom stereocenters. The Morgan fingerprint density at radius 1 is 1.06 bits per heavy atom. The summed E-state index contributed by atoms with van der Waals surface area (Å²) in [5.74, 6) is 1.34. The van der Waals surface area contributed by atoms with Crippen LogP contribution in [0.1, 0.15) is 31.4 Å². The number of aromatic nitrogens is 2. The van der Waals surface area contributed by atoms with Crippen LogP contribution in [0.3, 0.4) is 0 Å². The SMILES string of the molecule is CC1CC(C)CN(c2ccc3c(=O)n(C[C@H](O)CN4CCc5ccccc5C4)ncc3c2)C1. The lowest BCUT2D eigenvalue weighted by Gasteiger charge is -2.36. The van der Waals surface area contributed by atoms with Crippen LogP contribution < -0.4 is 10.5 Å². The van der Waals surface area contributed by atoms with Crippen LogP contribution in [0, 0.1) is 11.8 Å². The van der Waals surface area contributed by atoms with E-state index in [1.54, 1.807) is 6.20 Å². The molecule has 5 rings (SSSR count). The van der Waals surface area contributed by atoms with Crippen molar-refractivity contribution in [3.05, 3.63) is 70.1 Å². The number of aliphatic hydroxyl groups excluding tert-OH is 1. The third kappa shape index (κ3) is 4.82. The highest BCUT2D eigenvalue weighted by atomic mass is 16.3. The van der Waals surface area contributed by atoms with Crippen LogP contribution >= 0.6 is 0 Å². The number of β-amino-alcohol motifs (C(OH)–C–C–N with tert-alkyl or cyclic N) is 1. The Hall–Kier alpha value is -2.70. The van der Waals surface area contributed by atoms with Gasteiger partial charge in [-0.2, -0.15) is 5.10 Å². The van der Waals surface area contributed by atoms with Gasteiger partial charge in [-0.25, -0.2) is 4.68 Å². The maximum absolute atomic E-state index is 13.1. The molecule has 0 radical (unpaired) electrons. The molecule has 0 saturated carbocycles. The predicted molar refractivity (Wildman–Crippen MR) is 133 cm³/mol. The molecule has 1 aromatic heterocycles. The topological polar surface area (TPSA) is 61.6 Å². The summed E-state index contributed by atoms with van der Waals surface area (Å²) in [5.41, 5.74) is 3.74. The van der Waals surface area contributed by atoms with Gasteiger partial charge in [0.1, 0.15) is 0 Å². The highest BCUT2D eigenvalue weighted by Gasteiger charge is 2.23. The Labute approximate surface area is 195 Å². The third-order valence-corrected chi connectivity index (χ3v) is 7.13. The van der Waals surface area contributed by atoms with Crippen molar-refractivity contribution in [1.82, 2.24) is 14.7 Å². The molecule has 6 nitrogen and oxygen atoms in total. The average Bonchev–Trinajstić information content (AvgIpc) is 2.80. The summed E-state index contributed by atoms with van der Waals surface area (Å²) in [6.07, 6.45) is 3.38. The zero-order chi connectivity index (χ0) is 22.9. The van der Waals surface area contributed by atoms with Crippen molar-refractivity contribution in [1.29, 1.82) is 0 Å². The van der Waals surface area contributed by atoms with Crippen molar-refractivity contribution in [2.24, 2.45) is 11.8 Å². The van der Waals surface area contributed by atoms with Gasteiger partial charge >= 0.3 is 0 Å². The van der Waals surface area contributed by atoms with Gasteiger partial charge in [-0.3, -0.25) is 9.69 Å². The first-order valence-corrected chi connectivity index (χ1v) is 12.2. The van der Waals surface area contributed by atoms with E-state index in [1.807, 2.05) is 6.07 Å². The maximum Gasteiger partial charge on any atom is 0.274 e. The van der Waals surface area contributed by atoms with Gasteiger partial charge in [-0.05, 0) is 54.0 Å². The molecule has 0 aliphatic carbocycles. The van der Waals surface area contributed by atoms with Crippen molar-refractivity contribution >= 4 is 16.5 Å². The number of nitrogens with zero attached hydrogens (tertiary/aromatic N) is 4. The van der Waals surface area contributed by atoms with Crippen LogP contribution in [0.15, 0.2) is 53.5 Å². The standard InChI is InChI=1S/C27H34N4O2/c1-19-11-20(2)15-30(14-19)24-7-8-26-23(12-24)13-28-31(27(26)33)18-25(32)17-29-10-9-21-5-3-4-6-22(21)16-29/h3-8,12-13,19-20,25,32H,9-11,14-18H2,1-2H3/t19?,20?,25-/m1/s1. The van der Waals surface area contributed by atoms with E-state index in [-0.39, 0.29) is 12.1 Å². The van der Waals surface area contributed by atoms with Gasteiger partial charge in [0.15, 0.2) is 0 Å². The quantitative estimate of drug-likeness (QED) is 0.652. The predicted octanol–water partition coefficient (Wildman–Crippen LogP) is 3.30. The van der Waals surface area contributed by atoms with Crippen molar-refractivity contribution < 1.29 is 5.11 Å². The number of aliphatic hydroxyl groups is 1. The van der Waals surface area contributed by atoms with Crippen LogP contribution in [-0.2, 0) is 19.5 Å². The van der Waals surface area contributed by atoms with Crippen molar-refractivity contribution in [3.63, 3.8) is 0 Å². The molecule has 1 saturated heterocycles. The number of anilines is 1. The molecule has 3 atom stereocenters. The van der Waals surface area contributed by atoms with Gasteiger partial charge in [0.05, 0.1) is 24.2 Å². The van der Waals surface area contributed by atoms with Crippen molar-refractivity contribution in [3.8, 4) is 0 Å². The molecular weight excluding hydrogens is 412 g/mol. The molecule has 0 bridgehead atoms. The van der Waals surface area contributed by atoms with Crippen LogP contribution in [-0.4, -0.2) is 52.1 Å². The van der Waals surface area contributed by atoms with E-state index in [0.717, 1.165) is 43.7 Å². The van der Waals surface area contributed by atoms with Crippen LogP contribution in [0.4, 0.5) is 5.69 Å². The second kappa shape index (κ2) is 9.27. The lowest BCUT2D eigenvalue weighted by Crippen LogP contribution is -2.40. The van der Waals surface area contributed by atoms with Gasteiger partial charge in [-0.15, -0.1) is 0 Å². The Kier molecular flexibility index (Phi) is 6.21. The number of rotatable bonds is 5. The third-order valence-electron chi connectivity index (χ3n) is 7.13. The Bertz CT molecular complexity index is 1180. The number of fused-ring (bicyclic) bond motifs is 2. The average molecular weight is 447 g/mol. The summed E-state index contributed by atoms with van der Waals surface area (Å²) in [7, 11) is 0. The van der Waals surface area contributed by atoms with Crippen molar-refractivity contribution in [2.45, 2.75) is 45.9 Å². The molecule has 1 fully saturated rings. The zero-order valence-corrected chi connectivity index (χ0v) is 19.7. The monoisotopic (exact) mass is 446 g/mol. The summed E-state index contributed by atoms with van der Waals surface area (Å²) in [6, 6.07) is 14.5. The van der Waals surface area contributed by atoms with E-state index >= 15 is 0 Å². The van der Waals surface area contributed by atoms with E-state index in [2.05, 4.69) is 65.1 Å². The lowest BCUT2D eigenvalue weighted by molar-refractivity contribution is 0.0878. The van der Waals surface area contributed by atoms with E-state index in [0.29, 0.717) is 23.8 Å². The summed E-state index contributed by atoms with van der Waals surface area (Å²) in [4.78, 5) is 17.8. The molecule has 174 valence electrons. The summed E-state index contributed by atoms with van der Waals surface area (Å²) >= 11 is 0. The second-order valence-corrected chi connectivity index (χ2v) is 10.2. The van der Waals surface area contributed by atoms with Crippen LogP contribution in [0.2, 0.25) is 0 Å². The highest BCUT2D eigenvalue weighted by Crippen LogP contribution is 2.28. The summed E-state index contributed by atoms with van der Waals surface area (Å²) < 4.78 is 1.41. The molecule has 3 heterocycles. The Morgan fingerprint density at radius 2 is 1.82 bits per heavy atom. The van der Waals surface area contributed by atoms with Gasteiger partial charge < -0.3 is 10.0 Å². The van der Waals surface area contributed by atoms with Gasteiger partial charge in [0.2, 0.25) is 0 Å². The normalized spacial score (nSPS) is 22.3.